The van der Waals surface area contributed by atoms with Crippen molar-refractivity contribution >= 4 is 17.5 Å². The lowest BCUT2D eigenvalue weighted by atomic mass is 10.1. The van der Waals surface area contributed by atoms with Crippen LogP contribution in [0, 0.1) is 0 Å². The molecule has 5 heteroatoms. The Morgan fingerprint density at radius 2 is 1.83 bits per heavy atom. The number of amides is 1. The first kappa shape index (κ1) is 18.3. The molecule has 1 amide bonds. The zero-order valence-electron chi connectivity index (χ0n) is 14.3. The van der Waals surface area contributed by atoms with Crippen molar-refractivity contribution in [2.45, 2.75) is 26.1 Å². The second-order valence-electron chi connectivity index (χ2n) is 5.99. The molecule has 2 aromatic carbocycles. The summed E-state index contributed by atoms with van der Waals surface area (Å²) < 4.78 is 5.61. The lowest BCUT2D eigenvalue weighted by molar-refractivity contribution is -0.127. The maximum Gasteiger partial charge on any atom is 0.261 e. The molecule has 4 nitrogen and oxygen atoms in total. The molecule has 1 unspecified atom stereocenters. The molecule has 1 atom stereocenters. The Morgan fingerprint density at radius 3 is 2.46 bits per heavy atom. The van der Waals surface area contributed by atoms with Gasteiger partial charge in [0.1, 0.15) is 5.75 Å². The Labute approximate surface area is 148 Å². The summed E-state index contributed by atoms with van der Waals surface area (Å²) in [5.41, 5.74) is 2.30. The van der Waals surface area contributed by atoms with Crippen LogP contribution in [-0.4, -0.2) is 31.0 Å². The van der Waals surface area contributed by atoms with Gasteiger partial charge in [-0.1, -0.05) is 41.9 Å². The normalized spacial score (nSPS) is 12.0. The molecule has 128 valence electrons. The minimum Gasteiger partial charge on any atom is -0.481 e. The van der Waals surface area contributed by atoms with Gasteiger partial charge in [0, 0.05) is 18.1 Å². The topological polar surface area (TPSA) is 41.6 Å². The molecule has 0 radical (unpaired) electrons. The third-order valence-electron chi connectivity index (χ3n) is 3.47. The molecule has 0 saturated heterocycles. The van der Waals surface area contributed by atoms with Crippen LogP contribution in [0.15, 0.2) is 48.5 Å². The SMILES string of the molecule is CC(Oc1cccc(Cl)c1)C(=O)NCc1ccc(CN(C)C)cc1. The maximum atomic E-state index is 12.1. The Kier molecular flexibility index (Phi) is 6.64. The Balaban J connectivity index is 1.83. The fraction of sp³-hybridized carbons (Fsp3) is 0.316. The molecule has 0 fully saturated rings. The van der Waals surface area contributed by atoms with Gasteiger partial charge in [0.05, 0.1) is 0 Å². The lowest BCUT2D eigenvalue weighted by Crippen LogP contribution is -2.35. The van der Waals surface area contributed by atoms with E-state index in [1.807, 2.05) is 26.2 Å². The molecule has 24 heavy (non-hydrogen) atoms. The van der Waals surface area contributed by atoms with E-state index in [1.54, 1.807) is 31.2 Å². The number of halogens is 1. The van der Waals surface area contributed by atoms with E-state index < -0.39 is 6.10 Å². The molecule has 0 aromatic heterocycles. The molecule has 2 rings (SSSR count). The van der Waals surface area contributed by atoms with Gasteiger partial charge in [-0.25, -0.2) is 0 Å². The highest BCUT2D eigenvalue weighted by molar-refractivity contribution is 6.30. The van der Waals surface area contributed by atoms with E-state index in [-0.39, 0.29) is 5.91 Å². The highest BCUT2D eigenvalue weighted by Crippen LogP contribution is 2.18. The van der Waals surface area contributed by atoms with E-state index in [0.717, 1.165) is 12.1 Å². The molecule has 0 aliphatic rings. The molecule has 0 saturated carbocycles. The second kappa shape index (κ2) is 8.71. The fourth-order valence-electron chi connectivity index (χ4n) is 2.26. The first-order valence-electron chi connectivity index (χ1n) is 7.86. The summed E-state index contributed by atoms with van der Waals surface area (Å²) in [6.45, 7) is 3.10. The second-order valence-corrected chi connectivity index (χ2v) is 6.43. The Morgan fingerprint density at radius 1 is 1.17 bits per heavy atom. The van der Waals surface area contributed by atoms with Crippen LogP contribution in [0.5, 0.6) is 5.75 Å². The van der Waals surface area contributed by atoms with Crippen LogP contribution in [0.2, 0.25) is 5.02 Å². The Hall–Kier alpha value is -2.04. The molecular weight excluding hydrogens is 324 g/mol. The number of hydrogen-bond donors (Lipinski definition) is 1. The fourth-order valence-corrected chi connectivity index (χ4v) is 2.44. The van der Waals surface area contributed by atoms with Crippen molar-refractivity contribution in [3.8, 4) is 5.75 Å². The van der Waals surface area contributed by atoms with Crippen LogP contribution < -0.4 is 10.1 Å². The first-order chi connectivity index (χ1) is 11.4. The van der Waals surface area contributed by atoms with E-state index in [2.05, 4.69) is 22.3 Å². The van der Waals surface area contributed by atoms with Crippen LogP contribution in [0.4, 0.5) is 0 Å². The van der Waals surface area contributed by atoms with Gasteiger partial charge in [-0.05, 0) is 50.3 Å². The molecule has 0 aliphatic heterocycles. The predicted octanol–water partition coefficient (Wildman–Crippen LogP) is 3.49. The van der Waals surface area contributed by atoms with Gasteiger partial charge >= 0.3 is 0 Å². The number of nitrogens with one attached hydrogen (secondary N) is 1. The van der Waals surface area contributed by atoms with E-state index in [1.165, 1.54) is 5.56 Å². The van der Waals surface area contributed by atoms with Crippen LogP contribution in [0.1, 0.15) is 18.1 Å². The molecule has 2 aromatic rings. The summed E-state index contributed by atoms with van der Waals surface area (Å²) in [4.78, 5) is 14.3. The number of benzene rings is 2. The maximum absolute atomic E-state index is 12.1. The van der Waals surface area contributed by atoms with Crippen molar-refractivity contribution in [1.29, 1.82) is 0 Å². The van der Waals surface area contributed by atoms with Crippen molar-refractivity contribution in [3.63, 3.8) is 0 Å². The summed E-state index contributed by atoms with van der Waals surface area (Å²) in [5.74, 6) is 0.422. The first-order valence-corrected chi connectivity index (χ1v) is 8.24. The van der Waals surface area contributed by atoms with E-state index in [4.69, 9.17) is 16.3 Å². The largest absolute Gasteiger partial charge is 0.481 e. The smallest absolute Gasteiger partial charge is 0.261 e. The van der Waals surface area contributed by atoms with Crippen LogP contribution >= 0.6 is 11.6 Å². The van der Waals surface area contributed by atoms with Gasteiger partial charge in [0.15, 0.2) is 6.10 Å². The van der Waals surface area contributed by atoms with Crippen molar-refractivity contribution in [2.24, 2.45) is 0 Å². The summed E-state index contributed by atoms with van der Waals surface area (Å²) in [5, 5.41) is 3.47. The minimum absolute atomic E-state index is 0.160. The Bertz CT molecular complexity index is 671. The van der Waals surface area contributed by atoms with Gasteiger partial charge in [-0.2, -0.15) is 0 Å². The lowest BCUT2D eigenvalue weighted by Gasteiger charge is -2.15. The third kappa shape index (κ3) is 5.87. The zero-order chi connectivity index (χ0) is 17.5. The van der Waals surface area contributed by atoms with Gasteiger partial charge in [-0.3, -0.25) is 4.79 Å². The number of nitrogens with zero attached hydrogens (tertiary/aromatic N) is 1. The number of carbonyl (C=O) groups excluding carboxylic acids is 1. The van der Waals surface area contributed by atoms with E-state index >= 15 is 0 Å². The molecular formula is C19H23ClN2O2. The van der Waals surface area contributed by atoms with Crippen molar-refractivity contribution in [2.75, 3.05) is 14.1 Å². The van der Waals surface area contributed by atoms with Gasteiger partial charge in [0.25, 0.3) is 5.91 Å². The number of ether oxygens (including phenoxy) is 1. The highest BCUT2D eigenvalue weighted by atomic mass is 35.5. The van der Waals surface area contributed by atoms with Crippen LogP contribution in [0.25, 0.3) is 0 Å². The standard InChI is InChI=1S/C19H23ClN2O2/c1-14(24-18-6-4-5-17(20)11-18)19(23)21-12-15-7-9-16(10-8-15)13-22(2)3/h4-11,14H,12-13H2,1-3H3,(H,21,23). The summed E-state index contributed by atoms with van der Waals surface area (Å²) in [6, 6.07) is 15.2. The van der Waals surface area contributed by atoms with Gasteiger partial charge in [-0.15, -0.1) is 0 Å². The van der Waals surface area contributed by atoms with E-state index in [0.29, 0.717) is 17.3 Å². The molecule has 0 spiro atoms. The highest BCUT2D eigenvalue weighted by Gasteiger charge is 2.14. The monoisotopic (exact) mass is 346 g/mol. The van der Waals surface area contributed by atoms with Gasteiger partial charge in [0.2, 0.25) is 0 Å². The van der Waals surface area contributed by atoms with E-state index in [9.17, 15) is 4.79 Å². The minimum atomic E-state index is -0.587. The van der Waals surface area contributed by atoms with Crippen LogP contribution in [-0.2, 0) is 17.9 Å². The number of rotatable bonds is 7. The van der Waals surface area contributed by atoms with Crippen LogP contribution in [0.3, 0.4) is 0 Å². The quantitative estimate of drug-likeness (QED) is 0.834. The number of hydrogen-bond acceptors (Lipinski definition) is 3. The van der Waals surface area contributed by atoms with Crippen molar-refractivity contribution in [3.05, 3.63) is 64.7 Å². The third-order valence-corrected chi connectivity index (χ3v) is 3.70. The van der Waals surface area contributed by atoms with Gasteiger partial charge < -0.3 is 15.0 Å². The summed E-state index contributed by atoms with van der Waals surface area (Å²) >= 11 is 5.91. The molecule has 1 N–H and O–H groups in total. The molecule has 0 bridgehead atoms. The summed E-state index contributed by atoms with van der Waals surface area (Å²) in [7, 11) is 4.07. The molecule has 0 heterocycles. The zero-order valence-corrected chi connectivity index (χ0v) is 15.0. The van der Waals surface area contributed by atoms with Crippen molar-refractivity contribution in [1.82, 2.24) is 10.2 Å². The average Bonchev–Trinajstić information content (AvgIpc) is 2.53. The predicted molar refractivity (Wildman–Crippen MR) is 97.2 cm³/mol. The number of carbonyl (C=O) groups is 1. The molecule has 0 aliphatic carbocycles. The summed E-state index contributed by atoms with van der Waals surface area (Å²) in [6.07, 6.45) is -0.587. The average molecular weight is 347 g/mol. The van der Waals surface area contributed by atoms with Crippen molar-refractivity contribution < 1.29 is 9.53 Å².